The van der Waals surface area contributed by atoms with Crippen molar-refractivity contribution < 1.29 is 4.74 Å². The van der Waals surface area contributed by atoms with Crippen molar-refractivity contribution in [3.8, 4) is 0 Å². The Morgan fingerprint density at radius 3 is 3.08 bits per heavy atom. The van der Waals surface area contributed by atoms with Gasteiger partial charge in [-0.3, -0.25) is 4.90 Å². The van der Waals surface area contributed by atoms with Gasteiger partial charge >= 0.3 is 0 Å². The summed E-state index contributed by atoms with van der Waals surface area (Å²) in [5.74, 6) is 0. The quantitative estimate of drug-likeness (QED) is 0.640. The van der Waals surface area contributed by atoms with E-state index in [1.807, 2.05) is 6.92 Å². The van der Waals surface area contributed by atoms with Crippen LogP contribution in [-0.2, 0) is 4.74 Å². The zero-order chi connectivity index (χ0) is 9.52. The minimum Gasteiger partial charge on any atom is -0.380 e. The largest absolute Gasteiger partial charge is 0.380 e. The first kappa shape index (κ1) is 11.0. The Labute approximate surface area is 81.4 Å². The molecule has 0 aromatic carbocycles. The number of rotatable bonds is 5. The van der Waals surface area contributed by atoms with Gasteiger partial charge in [-0.2, -0.15) is 0 Å². The van der Waals surface area contributed by atoms with E-state index in [0.29, 0.717) is 6.04 Å². The average Bonchev–Trinajstić information content (AvgIpc) is 2.19. The van der Waals surface area contributed by atoms with Gasteiger partial charge in [-0.05, 0) is 33.4 Å². The molecule has 3 heteroatoms. The fourth-order valence-corrected chi connectivity index (χ4v) is 1.83. The molecular formula is C10H22N2O. The molecule has 0 aliphatic carbocycles. The Bertz CT molecular complexity index is 130. The van der Waals surface area contributed by atoms with Gasteiger partial charge in [0.25, 0.3) is 0 Å². The van der Waals surface area contributed by atoms with Gasteiger partial charge in [0.05, 0.1) is 6.61 Å². The molecule has 1 aliphatic heterocycles. The molecule has 1 rings (SSSR count). The molecule has 1 aliphatic rings. The maximum atomic E-state index is 5.34. The van der Waals surface area contributed by atoms with Gasteiger partial charge in [0, 0.05) is 25.7 Å². The molecule has 0 aromatic heterocycles. The monoisotopic (exact) mass is 186 g/mol. The third kappa shape index (κ3) is 4.07. The molecule has 3 nitrogen and oxygen atoms in total. The van der Waals surface area contributed by atoms with Gasteiger partial charge < -0.3 is 10.1 Å². The zero-order valence-electron chi connectivity index (χ0n) is 8.88. The molecule has 0 bridgehead atoms. The highest BCUT2D eigenvalue weighted by Gasteiger charge is 2.17. The number of nitrogens with zero attached hydrogens (tertiary/aromatic N) is 1. The SMILES string of the molecule is CCOCCN1CCCC(NC)C1. The summed E-state index contributed by atoms with van der Waals surface area (Å²) >= 11 is 0. The number of hydrogen-bond acceptors (Lipinski definition) is 3. The molecule has 1 heterocycles. The van der Waals surface area contributed by atoms with E-state index in [0.717, 1.165) is 19.8 Å². The number of ether oxygens (including phenoxy) is 1. The van der Waals surface area contributed by atoms with Crippen LogP contribution in [0.5, 0.6) is 0 Å². The van der Waals surface area contributed by atoms with Crippen LogP contribution in [0.4, 0.5) is 0 Å². The van der Waals surface area contributed by atoms with Crippen molar-refractivity contribution in [3.63, 3.8) is 0 Å². The van der Waals surface area contributed by atoms with Crippen LogP contribution < -0.4 is 5.32 Å². The van der Waals surface area contributed by atoms with E-state index < -0.39 is 0 Å². The van der Waals surface area contributed by atoms with E-state index in [-0.39, 0.29) is 0 Å². The van der Waals surface area contributed by atoms with E-state index in [4.69, 9.17) is 4.74 Å². The molecule has 1 atom stereocenters. The number of likely N-dealkylation sites (tertiary alicyclic amines) is 1. The lowest BCUT2D eigenvalue weighted by Crippen LogP contribution is -2.45. The zero-order valence-corrected chi connectivity index (χ0v) is 8.88. The Hall–Kier alpha value is -0.120. The minimum atomic E-state index is 0.690. The molecule has 0 spiro atoms. The van der Waals surface area contributed by atoms with E-state index in [1.54, 1.807) is 0 Å². The molecule has 0 amide bonds. The fourth-order valence-electron chi connectivity index (χ4n) is 1.83. The van der Waals surface area contributed by atoms with E-state index in [1.165, 1.54) is 25.9 Å². The second-order valence-corrected chi connectivity index (χ2v) is 3.63. The lowest BCUT2D eigenvalue weighted by atomic mass is 10.1. The molecule has 1 saturated heterocycles. The maximum absolute atomic E-state index is 5.34. The molecule has 1 unspecified atom stereocenters. The number of hydrogen-bond donors (Lipinski definition) is 1. The molecule has 1 N–H and O–H groups in total. The van der Waals surface area contributed by atoms with Crippen LogP contribution in [-0.4, -0.2) is 50.8 Å². The van der Waals surface area contributed by atoms with Crippen molar-refractivity contribution in [2.45, 2.75) is 25.8 Å². The Balaban J connectivity index is 2.11. The average molecular weight is 186 g/mol. The van der Waals surface area contributed by atoms with Crippen molar-refractivity contribution in [1.82, 2.24) is 10.2 Å². The maximum Gasteiger partial charge on any atom is 0.0593 e. The predicted octanol–water partition coefficient (Wildman–Crippen LogP) is 0.707. The van der Waals surface area contributed by atoms with Gasteiger partial charge in [0.2, 0.25) is 0 Å². The third-order valence-electron chi connectivity index (χ3n) is 2.67. The van der Waals surface area contributed by atoms with Gasteiger partial charge in [0.1, 0.15) is 0 Å². The number of nitrogens with one attached hydrogen (secondary N) is 1. The summed E-state index contributed by atoms with van der Waals surface area (Å²) in [6.45, 7) is 7.28. The lowest BCUT2D eigenvalue weighted by molar-refractivity contribution is 0.0982. The molecule has 0 radical (unpaired) electrons. The predicted molar refractivity (Wildman–Crippen MR) is 55.0 cm³/mol. The van der Waals surface area contributed by atoms with Crippen LogP contribution >= 0.6 is 0 Å². The Morgan fingerprint density at radius 2 is 2.38 bits per heavy atom. The molecule has 0 aromatic rings. The summed E-state index contributed by atoms with van der Waals surface area (Å²) in [5.41, 5.74) is 0. The first-order valence-electron chi connectivity index (χ1n) is 5.34. The summed E-state index contributed by atoms with van der Waals surface area (Å²) in [6.07, 6.45) is 2.64. The Morgan fingerprint density at radius 1 is 1.54 bits per heavy atom. The van der Waals surface area contributed by atoms with Crippen LogP contribution in [0.2, 0.25) is 0 Å². The van der Waals surface area contributed by atoms with Crippen LogP contribution in [0.15, 0.2) is 0 Å². The second-order valence-electron chi connectivity index (χ2n) is 3.63. The van der Waals surface area contributed by atoms with Crippen molar-refractivity contribution in [3.05, 3.63) is 0 Å². The summed E-state index contributed by atoms with van der Waals surface area (Å²) < 4.78 is 5.34. The molecule has 78 valence electrons. The third-order valence-corrected chi connectivity index (χ3v) is 2.67. The first-order valence-corrected chi connectivity index (χ1v) is 5.34. The van der Waals surface area contributed by atoms with Crippen molar-refractivity contribution in [2.75, 3.05) is 39.9 Å². The van der Waals surface area contributed by atoms with E-state index >= 15 is 0 Å². The van der Waals surface area contributed by atoms with Gasteiger partial charge in [-0.1, -0.05) is 0 Å². The van der Waals surface area contributed by atoms with Crippen LogP contribution in [0, 0.1) is 0 Å². The highest BCUT2D eigenvalue weighted by Crippen LogP contribution is 2.08. The fraction of sp³-hybridized carbons (Fsp3) is 1.00. The Kier molecular flexibility index (Phi) is 5.35. The normalized spacial score (nSPS) is 24.9. The minimum absolute atomic E-state index is 0.690. The van der Waals surface area contributed by atoms with Gasteiger partial charge in [0.15, 0.2) is 0 Å². The molecular weight excluding hydrogens is 164 g/mol. The molecule has 0 saturated carbocycles. The van der Waals surface area contributed by atoms with E-state index in [9.17, 15) is 0 Å². The van der Waals surface area contributed by atoms with Crippen LogP contribution in [0.1, 0.15) is 19.8 Å². The van der Waals surface area contributed by atoms with Gasteiger partial charge in [-0.15, -0.1) is 0 Å². The van der Waals surface area contributed by atoms with Crippen molar-refractivity contribution >= 4 is 0 Å². The smallest absolute Gasteiger partial charge is 0.0593 e. The summed E-state index contributed by atoms with van der Waals surface area (Å²) in [6, 6.07) is 0.690. The summed E-state index contributed by atoms with van der Waals surface area (Å²) in [5, 5.41) is 3.34. The highest BCUT2D eigenvalue weighted by atomic mass is 16.5. The lowest BCUT2D eigenvalue weighted by Gasteiger charge is -2.32. The number of likely N-dealkylation sites (N-methyl/N-ethyl adjacent to an activating group) is 1. The highest BCUT2D eigenvalue weighted by molar-refractivity contribution is 4.76. The summed E-state index contributed by atoms with van der Waals surface area (Å²) in [4.78, 5) is 2.49. The van der Waals surface area contributed by atoms with E-state index in [2.05, 4.69) is 17.3 Å². The molecule has 1 fully saturated rings. The first-order chi connectivity index (χ1) is 6.36. The second kappa shape index (κ2) is 6.35. The summed E-state index contributed by atoms with van der Waals surface area (Å²) in [7, 11) is 2.05. The van der Waals surface area contributed by atoms with Crippen molar-refractivity contribution in [2.24, 2.45) is 0 Å². The topological polar surface area (TPSA) is 24.5 Å². The number of piperidine rings is 1. The van der Waals surface area contributed by atoms with Crippen LogP contribution in [0.3, 0.4) is 0 Å². The van der Waals surface area contributed by atoms with Gasteiger partial charge in [-0.25, -0.2) is 0 Å². The van der Waals surface area contributed by atoms with Crippen molar-refractivity contribution in [1.29, 1.82) is 0 Å². The molecule has 13 heavy (non-hydrogen) atoms. The van der Waals surface area contributed by atoms with Crippen LogP contribution in [0.25, 0.3) is 0 Å². The standard InChI is InChI=1S/C10H22N2O/c1-3-13-8-7-12-6-4-5-10(9-12)11-2/h10-11H,3-9H2,1-2H3.